The molecule has 0 saturated carbocycles. The van der Waals surface area contributed by atoms with E-state index in [2.05, 4.69) is 54.3 Å². The van der Waals surface area contributed by atoms with Crippen LogP contribution < -0.4 is 10.7 Å². The Hall–Kier alpha value is -6.30. The Kier molecular flexibility index (Phi) is 17.1. The lowest BCUT2D eigenvalue weighted by Crippen LogP contribution is -2.62. The van der Waals surface area contributed by atoms with Crippen molar-refractivity contribution >= 4 is 40.6 Å². The van der Waals surface area contributed by atoms with E-state index in [1.165, 1.54) is 9.91 Å². The molecule has 0 aliphatic carbocycles. The van der Waals surface area contributed by atoms with Crippen molar-refractivity contribution in [2.45, 2.75) is 104 Å². The van der Waals surface area contributed by atoms with Crippen LogP contribution >= 0.6 is 0 Å². The minimum Gasteiger partial charge on any atom is -0.508 e. The normalized spacial score (nSPS) is 19.8. The average molecular weight is 990 g/mol. The number of aromatic nitrogens is 2. The van der Waals surface area contributed by atoms with Gasteiger partial charge >= 0.3 is 12.0 Å². The summed E-state index contributed by atoms with van der Waals surface area (Å²) >= 11 is 0. The van der Waals surface area contributed by atoms with Crippen molar-refractivity contribution in [2.24, 2.45) is 11.3 Å². The first-order chi connectivity index (χ1) is 34.3. The number of amides is 5. The van der Waals surface area contributed by atoms with Gasteiger partial charge in [0.1, 0.15) is 23.9 Å². The van der Waals surface area contributed by atoms with Crippen LogP contribution in [0.5, 0.6) is 5.75 Å². The molecule has 6 bridgehead atoms. The van der Waals surface area contributed by atoms with Crippen molar-refractivity contribution in [3.8, 4) is 28.1 Å². The third-order valence-electron chi connectivity index (χ3n) is 14.1. The number of ether oxygens (including phenoxy) is 2. The van der Waals surface area contributed by atoms with Gasteiger partial charge in [-0.3, -0.25) is 29.2 Å². The van der Waals surface area contributed by atoms with E-state index in [1.807, 2.05) is 64.0 Å². The van der Waals surface area contributed by atoms with Crippen molar-refractivity contribution in [3.63, 3.8) is 0 Å². The van der Waals surface area contributed by atoms with Gasteiger partial charge in [-0.15, -0.1) is 0 Å². The third kappa shape index (κ3) is 12.1. The number of urea groups is 1. The van der Waals surface area contributed by atoms with E-state index in [1.54, 1.807) is 48.4 Å². The lowest BCUT2D eigenvalue weighted by atomic mass is 9.84. The van der Waals surface area contributed by atoms with E-state index >= 15 is 0 Å². The fourth-order valence-electron chi connectivity index (χ4n) is 10.4. The summed E-state index contributed by atoms with van der Waals surface area (Å²) in [5, 5.41) is 16.8. The molecule has 2 fully saturated rings. The second-order valence-corrected chi connectivity index (χ2v) is 20.9. The van der Waals surface area contributed by atoms with E-state index in [0.29, 0.717) is 70.5 Å². The summed E-state index contributed by atoms with van der Waals surface area (Å²) in [6, 6.07) is 12.2. The van der Waals surface area contributed by atoms with Gasteiger partial charge in [0.05, 0.1) is 24.1 Å². The maximum atomic E-state index is 14.8. The molecule has 2 aromatic heterocycles. The van der Waals surface area contributed by atoms with E-state index in [4.69, 9.17) is 14.5 Å². The van der Waals surface area contributed by atoms with Crippen LogP contribution in [0.3, 0.4) is 0 Å². The molecule has 2 saturated heterocycles. The number of phenolic OH excluding ortho intramolecular Hbond substituents is 1. The first-order valence-corrected chi connectivity index (χ1v) is 25.4. The fraction of sp³-hybridized carbons (Fsp3) is 0.527. The quantitative estimate of drug-likeness (QED) is 0.115. The number of methoxy groups -OCH3 is 1. The molecule has 2 aromatic carbocycles. The monoisotopic (exact) mass is 990 g/mol. The fourth-order valence-corrected chi connectivity index (χ4v) is 10.4. The molecular formula is C55H75N9O8. The first kappa shape index (κ1) is 53.5. The van der Waals surface area contributed by atoms with Gasteiger partial charge in [0.25, 0.3) is 5.91 Å². The number of fused-ring (bicyclic) bond motifs is 6. The summed E-state index contributed by atoms with van der Waals surface area (Å²) in [5.74, 6) is -1.97. The number of hydrazine groups is 1. The largest absolute Gasteiger partial charge is 0.508 e. The molecule has 3 N–H and O–H groups in total. The molecule has 4 atom stereocenters. The molecule has 7 rings (SSSR count). The first-order valence-electron chi connectivity index (χ1n) is 25.4. The van der Waals surface area contributed by atoms with Crippen LogP contribution in [0, 0.1) is 11.3 Å². The summed E-state index contributed by atoms with van der Waals surface area (Å²) < 4.78 is 14.2. The van der Waals surface area contributed by atoms with Gasteiger partial charge in [-0.1, -0.05) is 45.9 Å². The number of esters is 1. The average Bonchev–Trinajstić information content (AvgIpc) is 3.45. The van der Waals surface area contributed by atoms with Crippen LogP contribution in [0.1, 0.15) is 83.7 Å². The number of hydrogen-bond donors (Lipinski definition) is 3. The van der Waals surface area contributed by atoms with Crippen LogP contribution in [0.4, 0.5) is 4.79 Å². The van der Waals surface area contributed by atoms with Crippen LogP contribution in [0.25, 0.3) is 33.3 Å². The van der Waals surface area contributed by atoms with Crippen molar-refractivity contribution in [3.05, 3.63) is 83.7 Å². The molecule has 4 aromatic rings. The summed E-state index contributed by atoms with van der Waals surface area (Å²) in [4.78, 5) is 82.4. The topological polar surface area (TPSA) is 182 Å². The summed E-state index contributed by atoms with van der Waals surface area (Å²) in [6.07, 6.45) is 6.92. The highest BCUT2D eigenvalue weighted by atomic mass is 16.5. The highest BCUT2D eigenvalue weighted by Gasteiger charge is 2.39. The second-order valence-electron chi connectivity index (χ2n) is 20.9. The van der Waals surface area contributed by atoms with Crippen LogP contribution in [0.15, 0.2) is 66.9 Å². The van der Waals surface area contributed by atoms with Crippen LogP contribution in [0.2, 0.25) is 0 Å². The zero-order chi connectivity index (χ0) is 52.0. The number of likely N-dealkylation sites (N-methyl/N-ethyl adjacent to an activating group) is 2. The van der Waals surface area contributed by atoms with Crippen molar-refractivity contribution < 1.29 is 38.6 Å². The Balaban J connectivity index is 1.24. The Morgan fingerprint density at radius 1 is 0.986 bits per heavy atom. The van der Waals surface area contributed by atoms with E-state index in [-0.39, 0.29) is 49.3 Å². The number of nitrogens with zero attached hydrogens (tertiary/aromatic N) is 7. The molecule has 5 amide bonds. The minimum absolute atomic E-state index is 0.0112. The number of aromatic hydroxyl groups is 1. The molecule has 3 aliphatic rings. The number of nitrogens with one attached hydrogen (secondary N) is 2. The van der Waals surface area contributed by atoms with Gasteiger partial charge in [-0.2, -0.15) is 0 Å². The number of pyridine rings is 1. The van der Waals surface area contributed by atoms with E-state index in [0.717, 1.165) is 44.5 Å². The Labute approximate surface area is 424 Å². The second kappa shape index (κ2) is 23.1. The highest BCUT2D eigenvalue weighted by Crippen LogP contribution is 2.42. The number of phenols is 1. The molecule has 3 aliphatic heterocycles. The molecule has 17 heteroatoms. The SMILES string of the molecule is CCn1c(-c2cccnc2[C@H](C)OC)c2c3cc(ccc31)-c1cc(O)cc(c1)C[C@H](NC(=O)[C@H](C(C)C)N(C)C(=O)N1CCCN(C(=O)/C=C/CN(C)C)CC1)C(=O)N1CCC[C@H](N1)C(=O)OCC(C)(C)C2. The zero-order valence-corrected chi connectivity index (χ0v) is 43.9. The van der Waals surface area contributed by atoms with Gasteiger partial charge in [0, 0.05) is 101 Å². The maximum absolute atomic E-state index is 14.8. The molecule has 0 radical (unpaired) electrons. The van der Waals surface area contributed by atoms with Gasteiger partial charge in [-0.25, -0.2) is 10.2 Å². The van der Waals surface area contributed by atoms with Crippen molar-refractivity contribution in [1.82, 2.24) is 44.9 Å². The number of cyclic esters (lactones) is 1. The molecular weight excluding hydrogens is 915 g/mol. The number of rotatable bonds is 11. The number of carbonyl (C=O) groups excluding carboxylic acids is 5. The zero-order valence-electron chi connectivity index (χ0n) is 43.9. The van der Waals surface area contributed by atoms with Crippen molar-refractivity contribution in [2.75, 3.05) is 74.1 Å². The molecule has 0 unspecified atom stereocenters. The number of benzene rings is 2. The minimum atomic E-state index is -1.17. The number of carbonyl (C=O) groups is 5. The van der Waals surface area contributed by atoms with Crippen LogP contribution in [-0.2, 0) is 48.0 Å². The highest BCUT2D eigenvalue weighted by molar-refractivity contribution is 5.96. The molecule has 5 heterocycles. The Morgan fingerprint density at radius 3 is 2.46 bits per heavy atom. The maximum Gasteiger partial charge on any atom is 0.324 e. The van der Waals surface area contributed by atoms with E-state index in [9.17, 15) is 29.1 Å². The third-order valence-corrected chi connectivity index (χ3v) is 14.1. The van der Waals surface area contributed by atoms with Gasteiger partial charge < -0.3 is 44.1 Å². The molecule has 72 heavy (non-hydrogen) atoms. The van der Waals surface area contributed by atoms with Gasteiger partial charge in [0.2, 0.25) is 11.8 Å². The lowest BCUT2D eigenvalue weighted by Gasteiger charge is -2.37. The summed E-state index contributed by atoms with van der Waals surface area (Å²) in [7, 11) is 7.13. The van der Waals surface area contributed by atoms with E-state index < -0.39 is 41.3 Å². The number of aryl methyl sites for hydroxylation is 1. The smallest absolute Gasteiger partial charge is 0.324 e. The standard InChI is InChI=1S/C55H75N9O8/c1-11-63-46-20-19-38-32-42(46)43(50(63)41-16-12-21-56-48(41)36(4)71-10)33-55(5,6)34-72-53(69)44-17-13-25-64(58-44)52(68)45(30-37-28-39(38)31-40(65)29-37)57-51(67)49(35(2)3)60(9)54(70)62-24-15-23-61(26-27-62)47(66)18-14-22-59(7)8/h12,14,16,18-21,28-29,31-32,35-36,44-45,49,58,65H,11,13,15,17,22-27,30,33-34H2,1-10H3,(H,57,67)/b18-14+/t36-,44-,45-,49-/m0/s1. The predicted molar refractivity (Wildman–Crippen MR) is 278 cm³/mol. The number of hydrogen-bond acceptors (Lipinski definition) is 11. The Morgan fingerprint density at radius 2 is 1.74 bits per heavy atom. The van der Waals surface area contributed by atoms with Gasteiger partial charge in [-0.05, 0) is 118 Å². The predicted octanol–water partition coefficient (Wildman–Crippen LogP) is 6.18. The molecule has 388 valence electrons. The summed E-state index contributed by atoms with van der Waals surface area (Å²) in [5.41, 5.74) is 9.55. The Bertz CT molecular complexity index is 2660. The van der Waals surface area contributed by atoms with Gasteiger partial charge in [0.15, 0.2) is 0 Å². The van der Waals surface area contributed by atoms with Crippen molar-refractivity contribution in [1.29, 1.82) is 0 Å². The summed E-state index contributed by atoms with van der Waals surface area (Å²) in [6.45, 7) is 15.2. The lowest BCUT2D eigenvalue weighted by molar-refractivity contribution is -0.155. The van der Waals surface area contributed by atoms with Crippen LogP contribution in [-0.4, -0.2) is 161 Å². The molecule has 0 spiro atoms. The molecule has 17 nitrogen and oxygen atoms in total.